The van der Waals surface area contributed by atoms with Gasteiger partial charge < -0.3 is 10.6 Å². The fourth-order valence-electron chi connectivity index (χ4n) is 3.32. The molecule has 2 fully saturated rings. The van der Waals surface area contributed by atoms with Gasteiger partial charge in [-0.05, 0) is 5.56 Å². The summed E-state index contributed by atoms with van der Waals surface area (Å²) in [6.45, 7) is 1.28. The van der Waals surface area contributed by atoms with E-state index in [4.69, 9.17) is 5.73 Å². The van der Waals surface area contributed by atoms with Gasteiger partial charge in [-0.1, -0.05) is 30.3 Å². The summed E-state index contributed by atoms with van der Waals surface area (Å²) in [7, 11) is 0. The Labute approximate surface area is 135 Å². The summed E-state index contributed by atoms with van der Waals surface area (Å²) in [4.78, 5) is 38.4. The number of imide groups is 1. The zero-order valence-electron chi connectivity index (χ0n) is 13.0. The fraction of sp³-hybridized carbons (Fsp3) is 0.471. The summed E-state index contributed by atoms with van der Waals surface area (Å²) in [5.74, 6) is -0.271. The van der Waals surface area contributed by atoms with Crippen molar-refractivity contribution in [3.63, 3.8) is 0 Å². The first-order chi connectivity index (χ1) is 11.1. The van der Waals surface area contributed by atoms with Crippen molar-refractivity contribution in [1.82, 2.24) is 9.80 Å². The van der Waals surface area contributed by atoms with E-state index in [1.807, 2.05) is 30.3 Å². The fourth-order valence-corrected chi connectivity index (χ4v) is 3.32. The second kappa shape index (κ2) is 6.50. The number of benzene rings is 1. The number of carbonyl (C=O) groups is 3. The van der Waals surface area contributed by atoms with E-state index in [1.165, 1.54) is 4.90 Å². The normalized spacial score (nSPS) is 24.6. The van der Waals surface area contributed by atoms with E-state index in [2.05, 4.69) is 0 Å². The minimum absolute atomic E-state index is 0.0496. The van der Waals surface area contributed by atoms with Crippen LogP contribution in [0.4, 0.5) is 0 Å². The van der Waals surface area contributed by atoms with Crippen molar-refractivity contribution in [1.29, 1.82) is 0 Å². The lowest BCUT2D eigenvalue weighted by atomic mass is 9.95. The SMILES string of the molecule is N[C@@H]1CN(C(=O)CCN2C(=O)CCC2=O)C[C@H]1c1ccccc1. The molecule has 2 saturated heterocycles. The molecular weight excluding hydrogens is 294 g/mol. The van der Waals surface area contributed by atoms with Crippen LogP contribution in [0.1, 0.15) is 30.7 Å². The largest absolute Gasteiger partial charge is 0.340 e. The molecule has 3 rings (SSSR count). The third-order valence-electron chi connectivity index (χ3n) is 4.65. The molecule has 2 N–H and O–H groups in total. The molecular formula is C17H21N3O3. The zero-order chi connectivity index (χ0) is 16.4. The van der Waals surface area contributed by atoms with E-state index in [-0.39, 0.29) is 55.5 Å². The lowest BCUT2D eigenvalue weighted by Gasteiger charge is -2.19. The highest BCUT2D eigenvalue weighted by Crippen LogP contribution is 2.26. The van der Waals surface area contributed by atoms with Gasteiger partial charge in [-0.2, -0.15) is 0 Å². The summed E-state index contributed by atoms with van der Waals surface area (Å²) in [5, 5.41) is 0. The summed E-state index contributed by atoms with van der Waals surface area (Å²) >= 11 is 0. The Morgan fingerprint density at radius 3 is 2.39 bits per heavy atom. The number of hydrogen-bond donors (Lipinski definition) is 1. The highest BCUT2D eigenvalue weighted by molar-refractivity contribution is 6.02. The molecule has 0 saturated carbocycles. The van der Waals surface area contributed by atoms with Gasteiger partial charge in [0, 0.05) is 50.9 Å². The van der Waals surface area contributed by atoms with Gasteiger partial charge in [-0.3, -0.25) is 19.3 Å². The Balaban J connectivity index is 1.57. The zero-order valence-corrected chi connectivity index (χ0v) is 13.0. The van der Waals surface area contributed by atoms with Gasteiger partial charge in [0.1, 0.15) is 0 Å². The van der Waals surface area contributed by atoms with Crippen LogP contribution in [0.5, 0.6) is 0 Å². The minimum atomic E-state index is -0.178. The molecule has 3 amide bonds. The van der Waals surface area contributed by atoms with Crippen LogP contribution < -0.4 is 5.73 Å². The Morgan fingerprint density at radius 2 is 1.74 bits per heavy atom. The van der Waals surface area contributed by atoms with Gasteiger partial charge in [0.15, 0.2) is 0 Å². The van der Waals surface area contributed by atoms with Crippen LogP contribution in [0.3, 0.4) is 0 Å². The first-order valence-electron chi connectivity index (χ1n) is 7.98. The number of carbonyl (C=O) groups excluding carboxylic acids is 3. The second-order valence-electron chi connectivity index (χ2n) is 6.17. The number of nitrogens with two attached hydrogens (primary N) is 1. The van der Waals surface area contributed by atoms with E-state index in [0.29, 0.717) is 13.1 Å². The highest BCUT2D eigenvalue weighted by Gasteiger charge is 2.35. The molecule has 6 heteroatoms. The van der Waals surface area contributed by atoms with Crippen molar-refractivity contribution in [3.05, 3.63) is 35.9 Å². The Bertz CT molecular complexity index is 601. The smallest absolute Gasteiger partial charge is 0.229 e. The molecule has 0 bridgehead atoms. The molecule has 0 unspecified atom stereocenters. The van der Waals surface area contributed by atoms with Crippen molar-refractivity contribution in [2.24, 2.45) is 5.73 Å². The van der Waals surface area contributed by atoms with E-state index in [9.17, 15) is 14.4 Å². The molecule has 1 aromatic carbocycles. The van der Waals surface area contributed by atoms with Crippen LogP contribution in [-0.4, -0.2) is 53.2 Å². The molecule has 122 valence electrons. The van der Waals surface area contributed by atoms with Gasteiger partial charge in [0.05, 0.1) is 0 Å². The van der Waals surface area contributed by atoms with Crippen LogP contribution in [0, 0.1) is 0 Å². The van der Waals surface area contributed by atoms with Crippen molar-refractivity contribution in [2.75, 3.05) is 19.6 Å². The quantitative estimate of drug-likeness (QED) is 0.819. The lowest BCUT2D eigenvalue weighted by molar-refractivity contribution is -0.139. The number of hydrogen-bond acceptors (Lipinski definition) is 4. The molecule has 0 radical (unpaired) electrons. The average Bonchev–Trinajstić information content (AvgIpc) is 3.09. The van der Waals surface area contributed by atoms with Crippen LogP contribution in [-0.2, 0) is 14.4 Å². The minimum Gasteiger partial charge on any atom is -0.340 e. The van der Waals surface area contributed by atoms with Crippen LogP contribution in [0.25, 0.3) is 0 Å². The Hall–Kier alpha value is -2.21. The average molecular weight is 315 g/mol. The van der Waals surface area contributed by atoms with Gasteiger partial charge in [0.25, 0.3) is 0 Å². The molecule has 2 heterocycles. The van der Waals surface area contributed by atoms with E-state index in [1.54, 1.807) is 4.90 Å². The summed E-state index contributed by atoms with van der Waals surface area (Å²) in [5.41, 5.74) is 7.33. The monoisotopic (exact) mass is 315 g/mol. The maximum atomic E-state index is 12.4. The van der Waals surface area contributed by atoms with Crippen molar-refractivity contribution >= 4 is 17.7 Å². The van der Waals surface area contributed by atoms with E-state index in [0.717, 1.165) is 5.56 Å². The topological polar surface area (TPSA) is 83.7 Å². The highest BCUT2D eigenvalue weighted by atomic mass is 16.2. The molecule has 2 atom stereocenters. The standard InChI is InChI=1S/C17H21N3O3/c18-14-11-19(10-13(14)12-4-2-1-3-5-12)15(21)8-9-20-16(22)6-7-17(20)23/h1-5,13-14H,6-11,18H2/t13-,14+/m0/s1. The predicted octanol–water partition coefficient (Wildman–Crippen LogP) is 0.479. The number of likely N-dealkylation sites (tertiary alicyclic amines) is 2. The molecule has 1 aromatic rings. The van der Waals surface area contributed by atoms with Gasteiger partial charge >= 0.3 is 0 Å². The molecule has 0 spiro atoms. The van der Waals surface area contributed by atoms with Gasteiger partial charge in [-0.15, -0.1) is 0 Å². The van der Waals surface area contributed by atoms with Gasteiger partial charge in [-0.25, -0.2) is 0 Å². The number of amides is 3. The lowest BCUT2D eigenvalue weighted by Crippen LogP contribution is -2.36. The van der Waals surface area contributed by atoms with Gasteiger partial charge in [0.2, 0.25) is 17.7 Å². The first-order valence-corrected chi connectivity index (χ1v) is 7.98. The molecule has 0 aliphatic carbocycles. The second-order valence-corrected chi connectivity index (χ2v) is 6.17. The molecule has 23 heavy (non-hydrogen) atoms. The molecule has 2 aliphatic heterocycles. The van der Waals surface area contributed by atoms with Crippen LogP contribution >= 0.6 is 0 Å². The van der Waals surface area contributed by atoms with Crippen molar-refractivity contribution in [3.8, 4) is 0 Å². The van der Waals surface area contributed by atoms with E-state index < -0.39 is 0 Å². The van der Waals surface area contributed by atoms with Crippen molar-refractivity contribution < 1.29 is 14.4 Å². The van der Waals surface area contributed by atoms with E-state index >= 15 is 0 Å². The maximum absolute atomic E-state index is 12.4. The van der Waals surface area contributed by atoms with Crippen LogP contribution in [0.2, 0.25) is 0 Å². The molecule has 0 aromatic heterocycles. The third kappa shape index (κ3) is 3.27. The predicted molar refractivity (Wildman–Crippen MR) is 84.3 cm³/mol. The van der Waals surface area contributed by atoms with Crippen molar-refractivity contribution in [2.45, 2.75) is 31.2 Å². The first kappa shape index (κ1) is 15.7. The summed E-state index contributed by atoms with van der Waals surface area (Å²) in [6, 6.07) is 9.86. The Kier molecular flexibility index (Phi) is 4.43. The number of nitrogens with zero attached hydrogens (tertiary/aromatic N) is 2. The van der Waals surface area contributed by atoms with Crippen LogP contribution in [0.15, 0.2) is 30.3 Å². The number of rotatable bonds is 4. The Morgan fingerprint density at radius 1 is 1.09 bits per heavy atom. The summed E-state index contributed by atoms with van der Waals surface area (Å²) < 4.78 is 0. The molecule has 2 aliphatic rings. The molecule has 6 nitrogen and oxygen atoms in total. The third-order valence-corrected chi connectivity index (χ3v) is 4.65. The summed E-state index contributed by atoms with van der Waals surface area (Å²) in [6.07, 6.45) is 0.696. The maximum Gasteiger partial charge on any atom is 0.229 e.